The molecule has 0 saturated carbocycles. The minimum atomic E-state index is -0.841. The van der Waals surface area contributed by atoms with Gasteiger partial charge in [-0.15, -0.1) is 10.2 Å². The van der Waals surface area contributed by atoms with Gasteiger partial charge in [-0.2, -0.15) is 0 Å². The Balaban J connectivity index is 1.21. The second-order valence-electron chi connectivity index (χ2n) is 11.9. The molecule has 2 saturated heterocycles. The molecule has 0 unspecified atom stereocenters. The molecular weight excluding hydrogens is 508 g/mol. The van der Waals surface area contributed by atoms with Gasteiger partial charge in [0.2, 0.25) is 11.8 Å². The first-order valence-corrected chi connectivity index (χ1v) is 14.1. The van der Waals surface area contributed by atoms with Crippen LogP contribution in [0.2, 0.25) is 0 Å². The van der Waals surface area contributed by atoms with E-state index in [9.17, 15) is 14.7 Å². The van der Waals surface area contributed by atoms with Crippen LogP contribution in [0.3, 0.4) is 0 Å². The van der Waals surface area contributed by atoms with E-state index in [-0.39, 0.29) is 6.09 Å². The summed E-state index contributed by atoms with van der Waals surface area (Å²) in [4.78, 5) is 26.8. The number of aromatic nitrogens is 2. The van der Waals surface area contributed by atoms with Crippen molar-refractivity contribution in [1.29, 1.82) is 0 Å². The van der Waals surface area contributed by atoms with Crippen LogP contribution in [-0.2, 0) is 4.74 Å². The van der Waals surface area contributed by atoms with Gasteiger partial charge in [-0.05, 0) is 100 Å². The zero-order chi connectivity index (χ0) is 28.4. The van der Waals surface area contributed by atoms with Crippen molar-refractivity contribution in [2.75, 3.05) is 26.2 Å². The molecule has 2 aliphatic rings. The van der Waals surface area contributed by atoms with E-state index in [1.165, 1.54) is 16.0 Å². The minimum Gasteiger partial charge on any atom is -0.465 e. The van der Waals surface area contributed by atoms with Crippen LogP contribution in [0.15, 0.2) is 46.9 Å². The van der Waals surface area contributed by atoms with Gasteiger partial charge in [0, 0.05) is 37.3 Å². The lowest BCUT2D eigenvalue weighted by Gasteiger charge is -2.33. The Labute approximate surface area is 235 Å². The highest BCUT2D eigenvalue weighted by atomic mass is 16.6. The van der Waals surface area contributed by atoms with Crippen molar-refractivity contribution in [2.24, 2.45) is 0 Å². The summed E-state index contributed by atoms with van der Waals surface area (Å²) in [5.74, 6) is 1.71. The first-order valence-electron chi connectivity index (χ1n) is 14.1. The molecule has 0 spiro atoms. The lowest BCUT2D eigenvalue weighted by Crippen LogP contribution is -2.41. The molecule has 9 nitrogen and oxygen atoms in total. The Morgan fingerprint density at radius 1 is 0.850 bits per heavy atom. The monoisotopic (exact) mass is 546 g/mol. The maximum atomic E-state index is 12.4. The Bertz CT molecular complexity index is 1340. The first-order chi connectivity index (χ1) is 19.1. The van der Waals surface area contributed by atoms with E-state index >= 15 is 0 Å². The van der Waals surface area contributed by atoms with Crippen molar-refractivity contribution in [1.82, 2.24) is 20.0 Å². The topological polar surface area (TPSA) is 109 Å². The van der Waals surface area contributed by atoms with Crippen molar-refractivity contribution < 1.29 is 23.8 Å². The number of benzene rings is 2. The predicted molar refractivity (Wildman–Crippen MR) is 151 cm³/mol. The number of carboxylic acid groups (broad SMARTS) is 1. The molecular formula is C31H38N4O5. The Morgan fingerprint density at radius 2 is 1.40 bits per heavy atom. The maximum absolute atomic E-state index is 12.4. The molecule has 40 heavy (non-hydrogen) atoms. The van der Waals surface area contributed by atoms with Crippen molar-refractivity contribution in [3.63, 3.8) is 0 Å². The predicted octanol–water partition coefficient (Wildman–Crippen LogP) is 6.68. The zero-order valence-electron chi connectivity index (χ0n) is 23.7. The minimum absolute atomic E-state index is 0.236. The highest BCUT2D eigenvalue weighted by molar-refractivity contribution is 5.68. The van der Waals surface area contributed by atoms with Crippen LogP contribution in [0.1, 0.15) is 75.0 Å². The van der Waals surface area contributed by atoms with Gasteiger partial charge < -0.3 is 24.1 Å². The largest absolute Gasteiger partial charge is 0.465 e. The average Bonchev–Trinajstić information content (AvgIpc) is 3.42. The summed E-state index contributed by atoms with van der Waals surface area (Å²) in [6.07, 6.45) is 2.38. The van der Waals surface area contributed by atoms with E-state index < -0.39 is 11.7 Å². The van der Waals surface area contributed by atoms with Crippen molar-refractivity contribution in [2.45, 2.75) is 70.8 Å². The molecule has 0 aliphatic carbocycles. The zero-order valence-corrected chi connectivity index (χ0v) is 23.7. The highest BCUT2D eigenvalue weighted by Gasteiger charge is 2.28. The molecule has 0 radical (unpaired) electrons. The summed E-state index contributed by atoms with van der Waals surface area (Å²) >= 11 is 0. The first kappa shape index (κ1) is 27.7. The van der Waals surface area contributed by atoms with Gasteiger partial charge in [-0.1, -0.05) is 24.3 Å². The van der Waals surface area contributed by atoms with Crippen molar-refractivity contribution in [3.8, 4) is 22.9 Å². The number of carbonyl (C=O) groups excluding carboxylic acids is 1. The number of aryl methyl sites for hydroxylation is 1. The molecule has 0 bridgehead atoms. The van der Waals surface area contributed by atoms with E-state index in [4.69, 9.17) is 9.15 Å². The smallest absolute Gasteiger partial charge is 0.410 e. The summed E-state index contributed by atoms with van der Waals surface area (Å²) < 4.78 is 11.6. The molecule has 9 heteroatoms. The lowest BCUT2D eigenvalue weighted by atomic mass is 9.88. The quantitative estimate of drug-likeness (QED) is 0.388. The molecule has 3 aromatic rings. The van der Waals surface area contributed by atoms with Gasteiger partial charge >= 0.3 is 12.2 Å². The average molecular weight is 547 g/mol. The van der Waals surface area contributed by atoms with E-state index in [2.05, 4.69) is 47.5 Å². The second-order valence-corrected chi connectivity index (χ2v) is 11.9. The fraction of sp³-hybridized carbons (Fsp3) is 0.484. The number of carbonyl (C=O) groups is 2. The Morgan fingerprint density at radius 3 is 1.98 bits per heavy atom. The number of rotatable bonds is 4. The van der Waals surface area contributed by atoms with Gasteiger partial charge in [0.05, 0.1) is 0 Å². The van der Waals surface area contributed by atoms with E-state index in [1.807, 2.05) is 32.9 Å². The SMILES string of the molecule is Cc1cc(C2CCN(C(=O)OC(C)(C)C)CC2)ccc1-c1nnc(-c2ccc(C3CCN(C(=O)O)CC3)cc2)o1. The summed E-state index contributed by atoms with van der Waals surface area (Å²) in [6.45, 7) is 10.2. The van der Waals surface area contributed by atoms with Crippen LogP contribution < -0.4 is 0 Å². The number of ether oxygens (including phenoxy) is 1. The third-order valence-electron chi connectivity index (χ3n) is 7.92. The molecule has 212 valence electrons. The van der Waals surface area contributed by atoms with Gasteiger partial charge in [-0.25, -0.2) is 9.59 Å². The number of amides is 2. The van der Waals surface area contributed by atoms with Gasteiger partial charge in [-0.3, -0.25) is 0 Å². The third kappa shape index (κ3) is 6.29. The maximum Gasteiger partial charge on any atom is 0.410 e. The molecule has 1 aromatic heterocycles. The van der Waals surface area contributed by atoms with Gasteiger partial charge in [0.15, 0.2) is 0 Å². The molecule has 2 aromatic carbocycles. The fourth-order valence-corrected chi connectivity index (χ4v) is 5.65. The number of hydrogen-bond donors (Lipinski definition) is 1. The molecule has 5 rings (SSSR count). The number of likely N-dealkylation sites (tertiary alicyclic amines) is 2. The van der Waals surface area contributed by atoms with Gasteiger partial charge in [0.1, 0.15) is 5.60 Å². The van der Waals surface area contributed by atoms with E-state index in [0.29, 0.717) is 49.8 Å². The van der Waals surface area contributed by atoms with Crippen molar-refractivity contribution >= 4 is 12.2 Å². The molecule has 2 fully saturated rings. The fourth-order valence-electron chi connectivity index (χ4n) is 5.65. The summed E-state index contributed by atoms with van der Waals surface area (Å²) in [5, 5.41) is 17.8. The lowest BCUT2D eigenvalue weighted by molar-refractivity contribution is 0.0204. The van der Waals surface area contributed by atoms with Crippen LogP contribution in [0.5, 0.6) is 0 Å². The Hall–Kier alpha value is -3.88. The number of piperidine rings is 2. The van der Waals surface area contributed by atoms with Crippen LogP contribution >= 0.6 is 0 Å². The van der Waals surface area contributed by atoms with E-state index in [1.54, 1.807) is 4.90 Å². The third-order valence-corrected chi connectivity index (χ3v) is 7.92. The molecule has 3 heterocycles. The second kappa shape index (κ2) is 11.3. The normalized spacial score (nSPS) is 17.2. The van der Waals surface area contributed by atoms with Crippen molar-refractivity contribution in [3.05, 3.63) is 59.2 Å². The number of hydrogen-bond acceptors (Lipinski definition) is 6. The molecule has 1 N–H and O–H groups in total. The van der Waals surface area contributed by atoms with Gasteiger partial charge in [0.25, 0.3) is 0 Å². The highest BCUT2D eigenvalue weighted by Crippen LogP contribution is 2.34. The molecule has 0 atom stereocenters. The van der Waals surface area contributed by atoms with Crippen LogP contribution in [0.25, 0.3) is 22.9 Å². The summed E-state index contributed by atoms with van der Waals surface area (Å²) in [7, 11) is 0. The standard InChI is InChI=1S/C31H38N4O5/c1-20-19-25(23-13-17-35(18-14-23)30(38)40-31(2,3)4)9-10-26(20)28-33-32-27(39-28)24-7-5-21(6-8-24)22-11-15-34(16-12-22)29(36)37/h5-10,19,22-23H,11-18H2,1-4H3,(H,36,37). The van der Waals surface area contributed by atoms with E-state index in [0.717, 1.165) is 42.4 Å². The summed E-state index contributed by atoms with van der Waals surface area (Å²) in [5.41, 5.74) is 4.82. The number of nitrogens with zero attached hydrogens (tertiary/aromatic N) is 4. The Kier molecular flexibility index (Phi) is 7.83. The van der Waals surface area contributed by atoms with Crippen LogP contribution in [0, 0.1) is 6.92 Å². The summed E-state index contributed by atoms with van der Waals surface area (Å²) in [6, 6.07) is 14.5. The molecule has 2 aliphatic heterocycles. The van der Waals surface area contributed by atoms with Crippen LogP contribution in [0.4, 0.5) is 9.59 Å². The van der Waals surface area contributed by atoms with Crippen LogP contribution in [-0.4, -0.2) is 69.1 Å². The molecule has 2 amide bonds.